The molecule has 0 fully saturated rings. The lowest BCUT2D eigenvalue weighted by atomic mass is 10.1. The molecule has 0 amide bonds. The molecular weight excluding hydrogens is 286 g/mol. The maximum Gasteiger partial charge on any atom is 0.0695 e. The minimum absolute atomic E-state index is 0.0738. The van der Waals surface area contributed by atoms with Crippen molar-refractivity contribution in [2.75, 3.05) is 26.9 Å². The van der Waals surface area contributed by atoms with E-state index in [0.717, 1.165) is 23.2 Å². The average Bonchev–Trinajstić information content (AvgIpc) is 2.68. The second-order valence-electron chi connectivity index (χ2n) is 3.69. The molecule has 1 atom stereocenters. The van der Waals surface area contributed by atoms with Gasteiger partial charge in [-0.3, -0.25) is 4.68 Å². The van der Waals surface area contributed by atoms with E-state index in [2.05, 4.69) is 21.0 Å². The van der Waals surface area contributed by atoms with Gasteiger partial charge in [-0.2, -0.15) is 5.10 Å². The third kappa shape index (κ3) is 4.39. The second kappa shape index (κ2) is 7.81. The van der Waals surface area contributed by atoms with Gasteiger partial charge in [0.2, 0.25) is 0 Å². The van der Waals surface area contributed by atoms with Crippen LogP contribution in [0.2, 0.25) is 0 Å². The molecule has 1 aromatic heterocycles. The highest BCUT2D eigenvalue weighted by atomic mass is 79.9. The zero-order valence-electron chi connectivity index (χ0n) is 10.4. The summed E-state index contributed by atoms with van der Waals surface area (Å²) in [5.41, 5.74) is 7.14. The van der Waals surface area contributed by atoms with Crippen LogP contribution in [0.25, 0.3) is 0 Å². The fraction of sp³-hybridized carbons (Fsp3) is 0.727. The second-order valence-corrected chi connectivity index (χ2v) is 4.54. The van der Waals surface area contributed by atoms with Crippen molar-refractivity contribution in [2.24, 2.45) is 5.73 Å². The molecule has 0 bridgehead atoms. The number of hydrogen-bond acceptors (Lipinski definition) is 4. The summed E-state index contributed by atoms with van der Waals surface area (Å²) in [6.07, 6.45) is 2.55. The van der Waals surface area contributed by atoms with Crippen molar-refractivity contribution in [1.82, 2.24) is 9.78 Å². The van der Waals surface area contributed by atoms with Crippen LogP contribution in [-0.4, -0.2) is 36.7 Å². The van der Waals surface area contributed by atoms with Gasteiger partial charge in [0.15, 0.2) is 0 Å². The lowest BCUT2D eigenvalue weighted by Crippen LogP contribution is -2.20. The first-order chi connectivity index (χ1) is 8.20. The van der Waals surface area contributed by atoms with Gasteiger partial charge in [0.1, 0.15) is 0 Å². The van der Waals surface area contributed by atoms with Crippen LogP contribution in [0.5, 0.6) is 0 Å². The summed E-state index contributed by atoms with van der Waals surface area (Å²) >= 11 is 3.47. The van der Waals surface area contributed by atoms with Crippen LogP contribution in [0.1, 0.15) is 25.1 Å². The van der Waals surface area contributed by atoms with E-state index in [9.17, 15) is 0 Å². The maximum atomic E-state index is 6.14. The van der Waals surface area contributed by atoms with Crippen LogP contribution in [0, 0.1) is 0 Å². The Hall–Kier alpha value is -0.430. The van der Waals surface area contributed by atoms with Crippen LogP contribution >= 0.6 is 15.9 Å². The Morgan fingerprint density at radius 2 is 2.29 bits per heavy atom. The van der Waals surface area contributed by atoms with Crippen molar-refractivity contribution in [1.29, 1.82) is 0 Å². The molecule has 5 nitrogen and oxygen atoms in total. The van der Waals surface area contributed by atoms with E-state index >= 15 is 0 Å². The van der Waals surface area contributed by atoms with Gasteiger partial charge < -0.3 is 15.2 Å². The fourth-order valence-corrected chi connectivity index (χ4v) is 2.18. The number of methoxy groups -OCH3 is 1. The van der Waals surface area contributed by atoms with Gasteiger partial charge >= 0.3 is 0 Å². The van der Waals surface area contributed by atoms with E-state index in [1.54, 1.807) is 13.3 Å². The first-order valence-corrected chi connectivity index (χ1v) is 6.53. The Morgan fingerprint density at radius 1 is 1.53 bits per heavy atom. The predicted molar refractivity (Wildman–Crippen MR) is 69.8 cm³/mol. The number of hydrogen-bond donors (Lipinski definition) is 1. The van der Waals surface area contributed by atoms with E-state index in [1.807, 2.05) is 11.6 Å². The van der Waals surface area contributed by atoms with Crippen molar-refractivity contribution in [3.63, 3.8) is 0 Å². The molecule has 0 spiro atoms. The van der Waals surface area contributed by atoms with Gasteiger partial charge in [-0.1, -0.05) is 0 Å². The molecule has 0 aliphatic heterocycles. The summed E-state index contributed by atoms with van der Waals surface area (Å²) in [6.45, 7) is 4.69. The zero-order chi connectivity index (χ0) is 12.7. The highest BCUT2D eigenvalue weighted by molar-refractivity contribution is 9.10. The third-order valence-electron chi connectivity index (χ3n) is 2.47. The molecule has 6 heteroatoms. The summed E-state index contributed by atoms with van der Waals surface area (Å²) < 4.78 is 13.2. The summed E-state index contributed by atoms with van der Waals surface area (Å²) in [6, 6.07) is -0.0738. The Morgan fingerprint density at radius 3 is 2.94 bits per heavy atom. The lowest BCUT2D eigenvalue weighted by Gasteiger charge is -2.15. The quantitative estimate of drug-likeness (QED) is 0.743. The van der Waals surface area contributed by atoms with E-state index in [1.165, 1.54) is 0 Å². The molecule has 0 aliphatic rings. The monoisotopic (exact) mass is 305 g/mol. The Balaban J connectivity index is 2.63. The van der Waals surface area contributed by atoms with Crippen LogP contribution in [0.3, 0.4) is 0 Å². The summed E-state index contributed by atoms with van der Waals surface area (Å²) in [5.74, 6) is 0. The van der Waals surface area contributed by atoms with Crippen molar-refractivity contribution >= 4 is 15.9 Å². The van der Waals surface area contributed by atoms with Crippen LogP contribution in [-0.2, 0) is 16.0 Å². The number of aromatic nitrogens is 2. The molecule has 0 saturated heterocycles. The number of nitrogens with zero attached hydrogens (tertiary/aromatic N) is 2. The molecule has 0 radical (unpaired) electrons. The minimum atomic E-state index is -0.0738. The van der Waals surface area contributed by atoms with Crippen LogP contribution in [0.15, 0.2) is 10.7 Å². The average molecular weight is 306 g/mol. The largest absolute Gasteiger partial charge is 0.383 e. The maximum absolute atomic E-state index is 6.14. The van der Waals surface area contributed by atoms with Crippen molar-refractivity contribution < 1.29 is 9.47 Å². The number of nitrogens with two attached hydrogens (primary N) is 1. The van der Waals surface area contributed by atoms with Gasteiger partial charge in [0.25, 0.3) is 0 Å². The summed E-state index contributed by atoms with van der Waals surface area (Å²) in [7, 11) is 1.67. The fourth-order valence-electron chi connectivity index (χ4n) is 1.59. The molecule has 1 aromatic rings. The normalized spacial score (nSPS) is 12.9. The minimum Gasteiger partial charge on any atom is -0.383 e. The van der Waals surface area contributed by atoms with Crippen molar-refractivity contribution in [2.45, 2.75) is 25.9 Å². The standard InChI is InChI=1S/C11H20BrN3O2/c1-3-17-6-4-10(13)11-9(12)8-14-15(11)5-7-16-2/h8,10H,3-7,13H2,1-2H3. The molecule has 98 valence electrons. The number of halogens is 1. The van der Waals surface area contributed by atoms with Gasteiger partial charge in [-0.15, -0.1) is 0 Å². The van der Waals surface area contributed by atoms with Crippen molar-refractivity contribution in [3.05, 3.63) is 16.4 Å². The lowest BCUT2D eigenvalue weighted by molar-refractivity contribution is 0.138. The molecule has 0 aromatic carbocycles. The van der Waals surface area contributed by atoms with Gasteiger partial charge in [0, 0.05) is 20.3 Å². The number of rotatable bonds is 8. The van der Waals surface area contributed by atoms with Gasteiger partial charge in [-0.05, 0) is 29.3 Å². The van der Waals surface area contributed by atoms with E-state index in [4.69, 9.17) is 15.2 Å². The highest BCUT2D eigenvalue weighted by Gasteiger charge is 2.16. The van der Waals surface area contributed by atoms with Crippen molar-refractivity contribution in [3.8, 4) is 0 Å². The summed E-state index contributed by atoms with van der Waals surface area (Å²) in [5, 5.41) is 4.27. The Bertz CT molecular complexity index is 331. The van der Waals surface area contributed by atoms with E-state index in [-0.39, 0.29) is 6.04 Å². The van der Waals surface area contributed by atoms with Gasteiger partial charge in [-0.25, -0.2) is 0 Å². The molecule has 0 saturated carbocycles. The molecule has 1 heterocycles. The molecular formula is C11H20BrN3O2. The first-order valence-electron chi connectivity index (χ1n) is 5.74. The number of ether oxygens (including phenoxy) is 2. The van der Waals surface area contributed by atoms with Crippen LogP contribution < -0.4 is 5.73 Å². The molecule has 1 rings (SSSR count). The van der Waals surface area contributed by atoms with Crippen LogP contribution in [0.4, 0.5) is 0 Å². The molecule has 0 aliphatic carbocycles. The van der Waals surface area contributed by atoms with E-state index < -0.39 is 0 Å². The van der Waals surface area contributed by atoms with E-state index in [0.29, 0.717) is 19.8 Å². The Kier molecular flexibility index (Phi) is 6.72. The third-order valence-corrected chi connectivity index (χ3v) is 3.08. The first kappa shape index (κ1) is 14.6. The zero-order valence-corrected chi connectivity index (χ0v) is 11.9. The topological polar surface area (TPSA) is 62.3 Å². The smallest absolute Gasteiger partial charge is 0.0695 e. The summed E-state index contributed by atoms with van der Waals surface area (Å²) in [4.78, 5) is 0. The molecule has 1 unspecified atom stereocenters. The van der Waals surface area contributed by atoms with Gasteiger partial charge in [0.05, 0.1) is 35.6 Å². The highest BCUT2D eigenvalue weighted by Crippen LogP contribution is 2.23. The molecule has 2 N–H and O–H groups in total. The molecule has 17 heavy (non-hydrogen) atoms. The predicted octanol–water partition coefficient (Wildman–Crippen LogP) is 1.72. The SMILES string of the molecule is CCOCCC(N)c1c(Br)cnn1CCOC. The Labute approximate surface area is 110 Å².